The van der Waals surface area contributed by atoms with Crippen molar-refractivity contribution in [2.24, 2.45) is 5.92 Å². The van der Waals surface area contributed by atoms with Crippen LogP contribution >= 0.6 is 0 Å². The SMILES string of the molecule is CCC(OCC(O)CN1CCC(C)CC1)c1ccccc1. The predicted octanol–water partition coefficient (Wildman–Crippen LogP) is 3.25. The van der Waals surface area contributed by atoms with Crippen LogP contribution in [0.25, 0.3) is 0 Å². The van der Waals surface area contributed by atoms with Crippen LogP contribution in [0.15, 0.2) is 30.3 Å². The molecular formula is C18H29NO2. The smallest absolute Gasteiger partial charge is 0.0900 e. The summed E-state index contributed by atoms with van der Waals surface area (Å²) in [6, 6.07) is 10.3. The summed E-state index contributed by atoms with van der Waals surface area (Å²) in [6.45, 7) is 7.79. The average molecular weight is 291 g/mol. The van der Waals surface area contributed by atoms with Gasteiger partial charge in [-0.1, -0.05) is 44.2 Å². The molecule has 1 N–H and O–H groups in total. The summed E-state index contributed by atoms with van der Waals surface area (Å²) in [5.41, 5.74) is 1.19. The minimum absolute atomic E-state index is 0.0854. The second-order valence-electron chi connectivity index (χ2n) is 6.28. The number of nitrogens with zero attached hydrogens (tertiary/aromatic N) is 1. The summed E-state index contributed by atoms with van der Waals surface area (Å²) in [4.78, 5) is 2.36. The van der Waals surface area contributed by atoms with Gasteiger partial charge in [0.15, 0.2) is 0 Å². The average Bonchev–Trinajstić information content (AvgIpc) is 2.51. The monoisotopic (exact) mass is 291 g/mol. The van der Waals surface area contributed by atoms with E-state index in [1.807, 2.05) is 18.2 Å². The molecule has 0 radical (unpaired) electrons. The van der Waals surface area contributed by atoms with E-state index in [-0.39, 0.29) is 6.10 Å². The van der Waals surface area contributed by atoms with Gasteiger partial charge in [0.2, 0.25) is 0 Å². The van der Waals surface area contributed by atoms with Crippen LogP contribution in [0.5, 0.6) is 0 Å². The molecule has 1 aliphatic heterocycles. The fraction of sp³-hybridized carbons (Fsp3) is 0.667. The van der Waals surface area contributed by atoms with Crippen LogP contribution < -0.4 is 0 Å². The summed E-state index contributed by atoms with van der Waals surface area (Å²) < 4.78 is 5.93. The summed E-state index contributed by atoms with van der Waals surface area (Å²) in [5.74, 6) is 0.831. The van der Waals surface area contributed by atoms with Gasteiger partial charge in [-0.3, -0.25) is 0 Å². The van der Waals surface area contributed by atoms with Crippen LogP contribution in [0.4, 0.5) is 0 Å². The van der Waals surface area contributed by atoms with Gasteiger partial charge >= 0.3 is 0 Å². The molecule has 1 fully saturated rings. The Labute approximate surface area is 128 Å². The van der Waals surface area contributed by atoms with Gasteiger partial charge in [0.05, 0.1) is 18.8 Å². The zero-order valence-corrected chi connectivity index (χ0v) is 13.4. The van der Waals surface area contributed by atoms with E-state index in [9.17, 15) is 5.11 Å². The third-order valence-electron chi connectivity index (χ3n) is 4.38. The maximum Gasteiger partial charge on any atom is 0.0900 e. The largest absolute Gasteiger partial charge is 0.389 e. The molecule has 0 amide bonds. The molecule has 0 bridgehead atoms. The number of hydrogen-bond donors (Lipinski definition) is 1. The molecule has 3 heteroatoms. The molecule has 2 rings (SSSR count). The van der Waals surface area contributed by atoms with Crippen molar-refractivity contribution in [2.75, 3.05) is 26.2 Å². The predicted molar refractivity (Wildman–Crippen MR) is 86.3 cm³/mol. The van der Waals surface area contributed by atoms with E-state index in [1.165, 1.54) is 18.4 Å². The fourth-order valence-electron chi connectivity index (χ4n) is 2.94. The van der Waals surface area contributed by atoms with Crippen LogP contribution in [0.2, 0.25) is 0 Å². The molecule has 0 aromatic heterocycles. The summed E-state index contributed by atoms with van der Waals surface area (Å²) in [7, 11) is 0. The van der Waals surface area contributed by atoms with Crippen molar-refractivity contribution in [2.45, 2.75) is 45.3 Å². The second kappa shape index (κ2) is 8.52. The van der Waals surface area contributed by atoms with E-state index in [1.54, 1.807) is 0 Å². The lowest BCUT2D eigenvalue weighted by Gasteiger charge is -2.31. The summed E-state index contributed by atoms with van der Waals surface area (Å²) in [5, 5.41) is 10.2. The number of piperidine rings is 1. The third-order valence-corrected chi connectivity index (χ3v) is 4.38. The molecule has 2 unspecified atom stereocenters. The highest BCUT2D eigenvalue weighted by Gasteiger charge is 2.19. The first-order chi connectivity index (χ1) is 10.2. The van der Waals surface area contributed by atoms with Crippen molar-refractivity contribution in [1.29, 1.82) is 0 Å². The molecule has 1 aromatic rings. The van der Waals surface area contributed by atoms with Crippen molar-refractivity contribution in [3.8, 4) is 0 Å². The van der Waals surface area contributed by atoms with E-state index in [0.29, 0.717) is 6.61 Å². The Morgan fingerprint density at radius 1 is 1.24 bits per heavy atom. The van der Waals surface area contributed by atoms with Crippen molar-refractivity contribution in [3.05, 3.63) is 35.9 Å². The lowest BCUT2D eigenvalue weighted by molar-refractivity contribution is -0.0264. The van der Waals surface area contributed by atoms with Crippen LogP contribution in [0, 0.1) is 5.92 Å². The second-order valence-corrected chi connectivity index (χ2v) is 6.28. The van der Waals surface area contributed by atoms with Crippen molar-refractivity contribution in [3.63, 3.8) is 0 Å². The number of likely N-dealkylation sites (tertiary alicyclic amines) is 1. The summed E-state index contributed by atoms with van der Waals surface area (Å²) in [6.07, 6.45) is 3.11. The minimum Gasteiger partial charge on any atom is -0.389 e. The van der Waals surface area contributed by atoms with Gasteiger partial charge in [0, 0.05) is 6.54 Å². The number of hydrogen-bond acceptors (Lipinski definition) is 3. The lowest BCUT2D eigenvalue weighted by atomic mass is 9.99. The standard InChI is InChI=1S/C18H29NO2/c1-3-18(16-7-5-4-6-8-16)21-14-17(20)13-19-11-9-15(2)10-12-19/h4-8,15,17-18,20H,3,9-14H2,1-2H3. The van der Waals surface area contributed by atoms with Gasteiger partial charge < -0.3 is 14.7 Å². The molecular weight excluding hydrogens is 262 g/mol. The van der Waals surface area contributed by atoms with Gasteiger partial charge in [0.1, 0.15) is 0 Å². The van der Waals surface area contributed by atoms with Gasteiger partial charge in [-0.25, -0.2) is 0 Å². The molecule has 1 saturated heterocycles. The molecule has 0 aliphatic carbocycles. The Morgan fingerprint density at radius 2 is 1.90 bits per heavy atom. The van der Waals surface area contributed by atoms with Crippen LogP contribution in [-0.2, 0) is 4.74 Å². The molecule has 1 aromatic carbocycles. The molecule has 2 atom stereocenters. The van der Waals surface area contributed by atoms with Crippen LogP contribution in [0.3, 0.4) is 0 Å². The molecule has 118 valence electrons. The number of β-amino-alcohol motifs (C(OH)–C–C–N with tert-alkyl or cyclic N) is 1. The highest BCUT2D eigenvalue weighted by Crippen LogP contribution is 2.21. The summed E-state index contributed by atoms with van der Waals surface area (Å²) >= 11 is 0. The zero-order chi connectivity index (χ0) is 15.1. The Morgan fingerprint density at radius 3 is 2.52 bits per heavy atom. The highest BCUT2D eigenvalue weighted by atomic mass is 16.5. The third kappa shape index (κ3) is 5.42. The Balaban J connectivity index is 1.73. The molecule has 21 heavy (non-hydrogen) atoms. The number of ether oxygens (including phenoxy) is 1. The topological polar surface area (TPSA) is 32.7 Å². The normalized spacial score (nSPS) is 20.3. The number of aliphatic hydroxyl groups excluding tert-OH is 1. The Hall–Kier alpha value is -0.900. The Bertz CT molecular complexity index is 387. The van der Waals surface area contributed by atoms with Crippen molar-refractivity contribution < 1.29 is 9.84 Å². The highest BCUT2D eigenvalue weighted by molar-refractivity contribution is 5.17. The Kier molecular flexibility index (Phi) is 6.68. The maximum atomic E-state index is 10.2. The van der Waals surface area contributed by atoms with E-state index in [4.69, 9.17) is 4.74 Å². The van der Waals surface area contributed by atoms with E-state index in [0.717, 1.165) is 32.0 Å². The molecule has 0 spiro atoms. The lowest BCUT2D eigenvalue weighted by Crippen LogP contribution is -2.40. The first-order valence-electron chi connectivity index (χ1n) is 8.26. The zero-order valence-electron chi connectivity index (χ0n) is 13.4. The maximum absolute atomic E-state index is 10.2. The number of aliphatic hydroxyl groups is 1. The van der Waals surface area contributed by atoms with Gasteiger partial charge in [-0.05, 0) is 43.8 Å². The number of benzene rings is 1. The first-order valence-corrected chi connectivity index (χ1v) is 8.26. The van der Waals surface area contributed by atoms with Gasteiger partial charge in [-0.2, -0.15) is 0 Å². The van der Waals surface area contributed by atoms with E-state index >= 15 is 0 Å². The first kappa shape index (κ1) is 16.5. The van der Waals surface area contributed by atoms with E-state index < -0.39 is 6.10 Å². The molecule has 1 heterocycles. The minimum atomic E-state index is -0.392. The van der Waals surface area contributed by atoms with Crippen molar-refractivity contribution >= 4 is 0 Å². The number of rotatable bonds is 7. The van der Waals surface area contributed by atoms with Gasteiger partial charge in [0.25, 0.3) is 0 Å². The molecule has 3 nitrogen and oxygen atoms in total. The van der Waals surface area contributed by atoms with Gasteiger partial charge in [-0.15, -0.1) is 0 Å². The fourth-order valence-corrected chi connectivity index (χ4v) is 2.94. The molecule has 1 aliphatic rings. The van der Waals surface area contributed by atoms with E-state index in [2.05, 4.69) is 30.9 Å². The quantitative estimate of drug-likeness (QED) is 0.837. The molecule has 0 saturated carbocycles. The van der Waals surface area contributed by atoms with Crippen molar-refractivity contribution in [1.82, 2.24) is 4.90 Å². The van der Waals surface area contributed by atoms with Crippen LogP contribution in [0.1, 0.15) is 44.8 Å². The van der Waals surface area contributed by atoms with Crippen LogP contribution in [-0.4, -0.2) is 42.4 Å².